The molecule has 0 saturated carbocycles. The highest BCUT2D eigenvalue weighted by atomic mass is 19.1. The maximum atomic E-state index is 13.2. The zero-order valence-electron chi connectivity index (χ0n) is 12.4. The minimum Gasteiger partial charge on any atom is -0.355 e. The van der Waals surface area contributed by atoms with Crippen molar-refractivity contribution in [3.8, 4) is 0 Å². The zero-order valence-corrected chi connectivity index (χ0v) is 12.4. The maximum Gasteiger partial charge on any atom is 0.228 e. The highest BCUT2D eigenvalue weighted by molar-refractivity contribution is 5.81. The second-order valence-corrected chi connectivity index (χ2v) is 6.20. The van der Waals surface area contributed by atoms with E-state index >= 15 is 0 Å². The molecule has 20 heavy (non-hydrogen) atoms. The molecule has 0 atom stereocenters. The maximum absolute atomic E-state index is 13.2. The lowest BCUT2D eigenvalue weighted by atomic mass is 9.94. The van der Waals surface area contributed by atoms with Crippen LogP contribution in [0.25, 0.3) is 0 Å². The van der Waals surface area contributed by atoms with Gasteiger partial charge >= 0.3 is 0 Å². The van der Waals surface area contributed by atoms with Gasteiger partial charge in [-0.05, 0) is 18.6 Å². The molecule has 5 heteroatoms. The molecule has 0 spiro atoms. The molecule has 0 aromatic carbocycles. The van der Waals surface area contributed by atoms with Gasteiger partial charge in [-0.15, -0.1) is 0 Å². The van der Waals surface area contributed by atoms with Crippen LogP contribution < -0.4 is 4.90 Å². The number of hydrogen-bond acceptors (Lipinski definition) is 3. The Morgan fingerprint density at radius 2 is 1.95 bits per heavy atom. The average Bonchev–Trinajstić information content (AvgIpc) is 2.62. The second-order valence-electron chi connectivity index (χ2n) is 6.20. The summed E-state index contributed by atoms with van der Waals surface area (Å²) in [5.74, 6) is 0.357. The molecule has 0 unspecified atom stereocenters. The number of nitrogens with zero attached hydrogens (tertiary/aromatic N) is 3. The molecule has 0 radical (unpaired) electrons. The average molecular weight is 279 g/mol. The van der Waals surface area contributed by atoms with E-state index in [1.165, 1.54) is 6.07 Å². The van der Waals surface area contributed by atoms with E-state index in [4.69, 9.17) is 0 Å². The Kier molecular flexibility index (Phi) is 4.26. The summed E-state index contributed by atoms with van der Waals surface area (Å²) in [5, 5.41) is 0. The summed E-state index contributed by atoms with van der Waals surface area (Å²) < 4.78 is 13.2. The van der Waals surface area contributed by atoms with Gasteiger partial charge < -0.3 is 9.80 Å². The summed E-state index contributed by atoms with van der Waals surface area (Å²) in [7, 11) is 0. The van der Waals surface area contributed by atoms with E-state index in [0.29, 0.717) is 18.9 Å². The normalized spacial score (nSPS) is 17.0. The van der Waals surface area contributed by atoms with Crippen LogP contribution in [0.4, 0.5) is 10.2 Å². The predicted molar refractivity (Wildman–Crippen MR) is 77.1 cm³/mol. The molecular weight excluding hydrogens is 257 g/mol. The van der Waals surface area contributed by atoms with Crippen molar-refractivity contribution in [2.24, 2.45) is 5.41 Å². The van der Waals surface area contributed by atoms with Crippen molar-refractivity contribution in [3.05, 3.63) is 24.1 Å². The van der Waals surface area contributed by atoms with Crippen LogP contribution in [0, 0.1) is 11.4 Å². The van der Waals surface area contributed by atoms with Crippen LogP contribution in [0.3, 0.4) is 0 Å². The van der Waals surface area contributed by atoms with Gasteiger partial charge in [-0.1, -0.05) is 26.8 Å². The van der Waals surface area contributed by atoms with Gasteiger partial charge in [0.1, 0.15) is 5.82 Å². The number of aromatic nitrogens is 1. The molecule has 1 amide bonds. The van der Waals surface area contributed by atoms with Crippen molar-refractivity contribution < 1.29 is 9.18 Å². The Morgan fingerprint density at radius 3 is 2.60 bits per heavy atom. The van der Waals surface area contributed by atoms with Crippen LogP contribution in [0.2, 0.25) is 0 Å². The summed E-state index contributed by atoms with van der Waals surface area (Å²) in [6, 6.07) is 4.82. The molecule has 0 aliphatic carbocycles. The second kappa shape index (κ2) is 5.77. The standard InChI is InChI=1S/C15H22FN3O/c1-15(2,3)14(20)19-9-5-8-18(10-11-19)13-7-4-6-12(16)17-13/h4,6-7H,5,8-11H2,1-3H3. The van der Waals surface area contributed by atoms with E-state index in [-0.39, 0.29) is 11.3 Å². The predicted octanol–water partition coefficient (Wildman–Crippen LogP) is 2.31. The van der Waals surface area contributed by atoms with E-state index in [0.717, 1.165) is 19.5 Å². The van der Waals surface area contributed by atoms with Crippen LogP contribution in [0.1, 0.15) is 27.2 Å². The van der Waals surface area contributed by atoms with Crippen molar-refractivity contribution in [1.29, 1.82) is 0 Å². The van der Waals surface area contributed by atoms with Crippen LogP contribution in [0.5, 0.6) is 0 Å². The third kappa shape index (κ3) is 3.46. The largest absolute Gasteiger partial charge is 0.355 e. The van der Waals surface area contributed by atoms with E-state index in [9.17, 15) is 9.18 Å². The van der Waals surface area contributed by atoms with Gasteiger partial charge in [0.05, 0.1) is 0 Å². The third-order valence-electron chi connectivity index (χ3n) is 3.45. The fourth-order valence-electron chi connectivity index (χ4n) is 2.40. The summed E-state index contributed by atoms with van der Waals surface area (Å²) in [6.45, 7) is 8.71. The highest BCUT2D eigenvalue weighted by Crippen LogP contribution is 2.20. The number of hydrogen-bond donors (Lipinski definition) is 0. The number of carbonyl (C=O) groups is 1. The lowest BCUT2D eigenvalue weighted by molar-refractivity contribution is -0.139. The van der Waals surface area contributed by atoms with Crippen LogP contribution >= 0.6 is 0 Å². The Labute approximate surface area is 119 Å². The van der Waals surface area contributed by atoms with Gasteiger partial charge in [0, 0.05) is 31.6 Å². The van der Waals surface area contributed by atoms with Gasteiger partial charge in [-0.2, -0.15) is 4.39 Å². The molecule has 1 aromatic heterocycles. The van der Waals surface area contributed by atoms with Crippen molar-refractivity contribution in [3.63, 3.8) is 0 Å². The SMILES string of the molecule is CC(C)(C)C(=O)N1CCCN(c2cccc(F)n2)CC1. The molecule has 1 saturated heterocycles. The highest BCUT2D eigenvalue weighted by Gasteiger charge is 2.28. The summed E-state index contributed by atoms with van der Waals surface area (Å²) in [4.78, 5) is 20.2. The Morgan fingerprint density at radius 1 is 1.20 bits per heavy atom. The molecule has 1 fully saturated rings. The number of pyridine rings is 1. The first kappa shape index (κ1) is 14.8. The Hall–Kier alpha value is -1.65. The van der Waals surface area contributed by atoms with Crippen LogP contribution in [0.15, 0.2) is 18.2 Å². The van der Waals surface area contributed by atoms with Crippen molar-refractivity contribution in [2.45, 2.75) is 27.2 Å². The quantitative estimate of drug-likeness (QED) is 0.740. The van der Waals surface area contributed by atoms with Crippen molar-refractivity contribution >= 4 is 11.7 Å². The van der Waals surface area contributed by atoms with Gasteiger partial charge in [-0.25, -0.2) is 4.98 Å². The van der Waals surface area contributed by atoms with E-state index in [1.807, 2.05) is 36.6 Å². The first-order valence-corrected chi connectivity index (χ1v) is 7.05. The number of rotatable bonds is 1. The smallest absolute Gasteiger partial charge is 0.228 e. The number of carbonyl (C=O) groups excluding carboxylic acids is 1. The van der Waals surface area contributed by atoms with Crippen LogP contribution in [-0.2, 0) is 4.79 Å². The Bertz CT molecular complexity index is 484. The summed E-state index contributed by atoms with van der Waals surface area (Å²) in [5.41, 5.74) is -0.355. The van der Waals surface area contributed by atoms with Crippen molar-refractivity contribution in [2.75, 3.05) is 31.1 Å². The lowest BCUT2D eigenvalue weighted by Gasteiger charge is -2.28. The summed E-state index contributed by atoms with van der Waals surface area (Å²) in [6.07, 6.45) is 0.875. The van der Waals surface area contributed by atoms with Gasteiger partial charge in [0.25, 0.3) is 0 Å². The summed E-state index contributed by atoms with van der Waals surface area (Å²) >= 11 is 0. The molecule has 1 aliphatic rings. The lowest BCUT2D eigenvalue weighted by Crippen LogP contribution is -2.41. The van der Waals surface area contributed by atoms with E-state index < -0.39 is 5.95 Å². The topological polar surface area (TPSA) is 36.4 Å². The molecule has 1 aliphatic heterocycles. The molecule has 0 N–H and O–H groups in total. The fourth-order valence-corrected chi connectivity index (χ4v) is 2.40. The zero-order chi connectivity index (χ0) is 14.8. The third-order valence-corrected chi connectivity index (χ3v) is 3.45. The molecule has 0 bridgehead atoms. The molecule has 2 heterocycles. The van der Waals surface area contributed by atoms with Gasteiger partial charge in [-0.3, -0.25) is 4.79 Å². The van der Waals surface area contributed by atoms with Gasteiger partial charge in [0.15, 0.2) is 0 Å². The van der Waals surface area contributed by atoms with Crippen LogP contribution in [-0.4, -0.2) is 42.0 Å². The Balaban J connectivity index is 2.04. The first-order chi connectivity index (χ1) is 9.38. The number of halogens is 1. The number of anilines is 1. The number of amides is 1. The monoisotopic (exact) mass is 279 g/mol. The van der Waals surface area contributed by atoms with E-state index in [2.05, 4.69) is 4.98 Å². The molecule has 4 nitrogen and oxygen atoms in total. The minimum absolute atomic E-state index is 0.173. The van der Waals surface area contributed by atoms with Crippen molar-refractivity contribution in [1.82, 2.24) is 9.88 Å². The molecule has 1 aromatic rings. The first-order valence-electron chi connectivity index (χ1n) is 7.05. The fraction of sp³-hybridized carbons (Fsp3) is 0.600. The minimum atomic E-state index is -0.464. The molecule has 110 valence electrons. The van der Waals surface area contributed by atoms with E-state index in [1.54, 1.807) is 6.07 Å². The molecule has 2 rings (SSSR count). The molecular formula is C15H22FN3O. The van der Waals surface area contributed by atoms with Gasteiger partial charge in [0.2, 0.25) is 11.9 Å².